The van der Waals surface area contributed by atoms with Gasteiger partial charge in [0.1, 0.15) is 17.6 Å². The molecule has 3 atom stereocenters. The number of nitrogens with zero attached hydrogens (tertiary/aromatic N) is 6. The fraction of sp³-hybridized carbons (Fsp3) is 0.346. The number of alkyl halides is 3. The number of allylic oxidation sites excluding steroid dienone is 1. The van der Waals surface area contributed by atoms with Crippen LogP contribution in [0.1, 0.15) is 47.3 Å². The summed E-state index contributed by atoms with van der Waals surface area (Å²) in [6.07, 6.45) is 3.75. The summed E-state index contributed by atoms with van der Waals surface area (Å²) < 4.78 is 39.6. The molecule has 0 saturated carbocycles. The van der Waals surface area contributed by atoms with Gasteiger partial charge >= 0.3 is 6.18 Å². The van der Waals surface area contributed by atoms with Crippen LogP contribution in [0.3, 0.4) is 0 Å². The maximum atomic E-state index is 13.1. The van der Waals surface area contributed by atoms with E-state index in [4.69, 9.17) is 10.8 Å². The van der Waals surface area contributed by atoms with Crippen molar-refractivity contribution in [3.8, 4) is 0 Å². The molecule has 10 nitrogen and oxygen atoms in total. The predicted molar refractivity (Wildman–Crippen MR) is 136 cm³/mol. The summed E-state index contributed by atoms with van der Waals surface area (Å²) in [4.78, 5) is 36.3. The van der Waals surface area contributed by atoms with Gasteiger partial charge in [0, 0.05) is 43.6 Å². The van der Waals surface area contributed by atoms with Crippen molar-refractivity contribution in [1.82, 2.24) is 14.7 Å². The van der Waals surface area contributed by atoms with Gasteiger partial charge in [-0.15, -0.1) is 4.59 Å². The Bertz CT molecular complexity index is 1490. The number of aromatic nitrogens is 2. The van der Waals surface area contributed by atoms with Gasteiger partial charge < -0.3 is 10.2 Å². The standard InChI is InChI=1S/C26H25F3N8O2/c1-35-20(26(27,28)29)12-21(34-35)32-25(39)16-4-2-15(3-5-16)24-33-23(19-13-31-10-11-37(19,24)30)17-6-7-18-8-9-22(38)36(18)14-17/h2-5,10-13,17-18H,6-9,14,30H2,1H3/p+1/t17-,18+,37?/m1/s1. The molecule has 4 aliphatic heterocycles. The number of hydrogen-bond acceptors (Lipinski definition) is 6. The zero-order chi connectivity index (χ0) is 27.5. The van der Waals surface area contributed by atoms with Crippen molar-refractivity contribution in [1.29, 1.82) is 0 Å². The maximum absolute atomic E-state index is 13.1. The number of nitrogens with one attached hydrogen (secondary N) is 1. The highest BCUT2D eigenvalue weighted by atomic mass is 19.4. The summed E-state index contributed by atoms with van der Waals surface area (Å²) in [7, 11) is 1.16. The Hall–Kier alpha value is -4.10. The summed E-state index contributed by atoms with van der Waals surface area (Å²) in [6.45, 7) is 0.597. The molecule has 2 amide bonds. The fourth-order valence-electron chi connectivity index (χ4n) is 5.75. The number of aliphatic imine (C=N–C) groups is 2. The lowest BCUT2D eigenvalue weighted by molar-refractivity contribution is -0.750. The molecule has 0 spiro atoms. The van der Waals surface area contributed by atoms with E-state index >= 15 is 0 Å². The lowest BCUT2D eigenvalue weighted by Gasteiger charge is -2.35. The number of carbonyl (C=O) groups is 2. The molecule has 2 aromatic rings. The Morgan fingerprint density at radius 2 is 1.95 bits per heavy atom. The van der Waals surface area contributed by atoms with Crippen LogP contribution in [0.5, 0.6) is 0 Å². The quantitative estimate of drug-likeness (QED) is 0.458. The van der Waals surface area contributed by atoms with Crippen LogP contribution in [-0.4, -0.2) is 55.7 Å². The Morgan fingerprint density at radius 1 is 1.18 bits per heavy atom. The Balaban J connectivity index is 1.24. The third-order valence-electron chi connectivity index (χ3n) is 7.74. The Kier molecular flexibility index (Phi) is 5.81. The molecule has 2 fully saturated rings. The number of nitrogens with two attached hydrogens (primary N) is 1. The van der Waals surface area contributed by atoms with E-state index in [2.05, 4.69) is 15.4 Å². The minimum atomic E-state index is -4.59. The number of hydrogen-bond donors (Lipinski definition) is 2. The summed E-state index contributed by atoms with van der Waals surface area (Å²) in [5.74, 6) is 6.78. The molecule has 3 N–H and O–H groups in total. The monoisotopic (exact) mass is 539 g/mol. The lowest BCUT2D eigenvalue weighted by atomic mass is 9.90. The number of carbonyl (C=O) groups excluding carboxylic acids is 2. The van der Waals surface area contributed by atoms with Gasteiger partial charge in [0.05, 0.1) is 18.0 Å². The number of benzene rings is 1. The van der Waals surface area contributed by atoms with Crippen LogP contribution < -0.4 is 11.2 Å². The Labute approximate surface area is 221 Å². The summed E-state index contributed by atoms with van der Waals surface area (Å²) >= 11 is 0. The minimum absolute atomic E-state index is 0.0276. The van der Waals surface area contributed by atoms with Crippen molar-refractivity contribution < 1.29 is 27.4 Å². The van der Waals surface area contributed by atoms with E-state index in [0.717, 1.165) is 43.8 Å². The van der Waals surface area contributed by atoms with Crippen molar-refractivity contribution in [2.75, 3.05) is 11.9 Å². The number of rotatable bonds is 4. The third-order valence-corrected chi connectivity index (χ3v) is 7.74. The lowest BCUT2D eigenvalue weighted by Crippen LogP contribution is -2.53. The molecule has 6 rings (SSSR count). The largest absolute Gasteiger partial charge is 0.433 e. The Morgan fingerprint density at radius 3 is 2.67 bits per heavy atom. The van der Waals surface area contributed by atoms with E-state index in [0.29, 0.717) is 35.1 Å². The van der Waals surface area contributed by atoms with Crippen molar-refractivity contribution in [2.45, 2.75) is 37.9 Å². The van der Waals surface area contributed by atoms with Crippen LogP contribution in [0.25, 0.3) is 0 Å². The number of amidine groups is 1. The molecule has 0 radical (unpaired) electrons. The molecule has 39 heavy (non-hydrogen) atoms. The first-order valence-electron chi connectivity index (χ1n) is 12.6. The zero-order valence-electron chi connectivity index (χ0n) is 21.0. The normalized spacial score (nSPS) is 26.1. The predicted octanol–water partition coefficient (Wildman–Crippen LogP) is 3.31. The molecule has 1 aromatic heterocycles. The molecule has 13 heteroatoms. The zero-order valence-corrected chi connectivity index (χ0v) is 21.0. The molecular weight excluding hydrogens is 513 g/mol. The summed E-state index contributed by atoms with van der Waals surface area (Å²) in [5.41, 5.74) is 1.47. The molecule has 4 aliphatic rings. The van der Waals surface area contributed by atoms with Crippen molar-refractivity contribution in [3.63, 3.8) is 0 Å². The van der Waals surface area contributed by atoms with E-state index in [9.17, 15) is 22.8 Å². The molecule has 202 valence electrons. The first kappa shape index (κ1) is 25.2. The van der Waals surface area contributed by atoms with Crippen LogP contribution in [0.15, 0.2) is 64.1 Å². The van der Waals surface area contributed by atoms with Crippen LogP contribution in [0, 0.1) is 5.92 Å². The van der Waals surface area contributed by atoms with Gasteiger partial charge in [-0.1, -0.05) is 0 Å². The SMILES string of the molecule is Cn1nc(NC(=O)c2ccc(C3=NC([C@@H]4CC[C@H]5CCC(=O)N5C4)=C4C=NC=C[N+]34N)cc2)cc1C(F)(F)F. The number of aryl methyl sites for hydroxylation is 1. The number of anilines is 1. The molecule has 2 saturated heterocycles. The van der Waals surface area contributed by atoms with E-state index in [-0.39, 0.29) is 27.8 Å². The van der Waals surface area contributed by atoms with Gasteiger partial charge in [0.2, 0.25) is 11.6 Å². The number of piperidine rings is 1. The van der Waals surface area contributed by atoms with Gasteiger partial charge in [0.25, 0.3) is 11.7 Å². The fourth-order valence-corrected chi connectivity index (χ4v) is 5.75. The molecule has 0 aliphatic carbocycles. The first-order chi connectivity index (χ1) is 18.5. The second-order valence-electron chi connectivity index (χ2n) is 10.1. The second-order valence-corrected chi connectivity index (χ2v) is 10.1. The third kappa shape index (κ3) is 4.27. The molecule has 5 heterocycles. The van der Waals surface area contributed by atoms with Gasteiger partial charge in [0.15, 0.2) is 5.82 Å². The smallest absolute Gasteiger partial charge is 0.339 e. The van der Waals surface area contributed by atoms with Crippen molar-refractivity contribution in [3.05, 3.63) is 70.9 Å². The first-order valence-corrected chi connectivity index (χ1v) is 12.6. The number of amides is 2. The van der Waals surface area contributed by atoms with Crippen LogP contribution >= 0.6 is 0 Å². The number of fused-ring (bicyclic) bond motifs is 2. The number of quaternary nitrogens is 1. The van der Waals surface area contributed by atoms with Gasteiger partial charge in [-0.25, -0.2) is 0 Å². The topological polar surface area (TPSA) is 118 Å². The van der Waals surface area contributed by atoms with E-state index in [1.165, 1.54) is 0 Å². The van der Waals surface area contributed by atoms with E-state index in [1.54, 1.807) is 42.9 Å². The molecule has 0 bridgehead atoms. The second kappa shape index (κ2) is 8.99. The number of halogens is 3. The van der Waals surface area contributed by atoms with Gasteiger partial charge in [-0.3, -0.25) is 19.3 Å². The van der Waals surface area contributed by atoms with Crippen LogP contribution in [-0.2, 0) is 18.0 Å². The summed E-state index contributed by atoms with van der Waals surface area (Å²) in [5, 5.41) is 6.14. The molecule has 1 aromatic carbocycles. The highest BCUT2D eigenvalue weighted by Gasteiger charge is 2.48. The average molecular weight is 540 g/mol. The maximum Gasteiger partial charge on any atom is 0.433 e. The van der Waals surface area contributed by atoms with Gasteiger partial charge in [-0.05, 0) is 43.5 Å². The minimum Gasteiger partial charge on any atom is -0.339 e. The summed E-state index contributed by atoms with van der Waals surface area (Å²) in [6, 6.07) is 7.58. The van der Waals surface area contributed by atoms with E-state index in [1.807, 2.05) is 4.90 Å². The molecular formula is C26H26F3N8O2+. The average Bonchev–Trinajstić information content (AvgIpc) is 3.56. The van der Waals surface area contributed by atoms with Crippen LogP contribution in [0.2, 0.25) is 0 Å². The molecule has 1 unspecified atom stereocenters. The van der Waals surface area contributed by atoms with Crippen LogP contribution in [0.4, 0.5) is 19.0 Å². The highest BCUT2D eigenvalue weighted by molar-refractivity contribution is 6.05. The highest BCUT2D eigenvalue weighted by Crippen LogP contribution is 2.40. The van der Waals surface area contributed by atoms with E-state index < -0.39 is 17.8 Å². The van der Waals surface area contributed by atoms with Gasteiger partial charge in [-0.2, -0.15) is 29.1 Å². The van der Waals surface area contributed by atoms with Crippen molar-refractivity contribution >= 4 is 29.7 Å². The van der Waals surface area contributed by atoms with Crippen molar-refractivity contribution in [2.24, 2.45) is 28.8 Å².